The quantitative estimate of drug-likeness (QED) is 0.401. The van der Waals surface area contributed by atoms with Gasteiger partial charge in [0.25, 0.3) is 0 Å². The summed E-state index contributed by atoms with van der Waals surface area (Å²) in [5.74, 6) is 1.42. The number of ether oxygens (including phenoxy) is 2. The molecule has 3 aromatic rings. The molecule has 37 heavy (non-hydrogen) atoms. The Morgan fingerprint density at radius 2 is 1.92 bits per heavy atom. The van der Waals surface area contributed by atoms with Gasteiger partial charge < -0.3 is 23.8 Å². The molecule has 1 aliphatic rings. The fraction of sp³-hybridized carbons (Fsp3) is 0.393. The van der Waals surface area contributed by atoms with Crippen molar-refractivity contribution < 1.29 is 19.1 Å². The third-order valence-corrected chi connectivity index (χ3v) is 6.82. The van der Waals surface area contributed by atoms with Crippen molar-refractivity contribution in [1.82, 2.24) is 19.4 Å². The molecule has 1 atom stereocenters. The molecule has 8 nitrogen and oxygen atoms in total. The molecule has 2 amide bonds. The molecule has 0 saturated carbocycles. The Morgan fingerprint density at radius 3 is 2.62 bits per heavy atom. The average Bonchev–Trinajstić information content (AvgIpc) is 3.32. The van der Waals surface area contributed by atoms with E-state index in [4.69, 9.17) is 21.1 Å². The lowest BCUT2D eigenvalue weighted by molar-refractivity contribution is -0.165. The van der Waals surface area contributed by atoms with Gasteiger partial charge in [-0.3, -0.25) is 9.59 Å². The van der Waals surface area contributed by atoms with Gasteiger partial charge in [0.15, 0.2) is 0 Å². The van der Waals surface area contributed by atoms with E-state index in [0.717, 1.165) is 11.4 Å². The number of aryl methyl sites for hydroxylation is 2. The van der Waals surface area contributed by atoms with Crippen LogP contribution in [0.15, 0.2) is 67.0 Å². The first-order chi connectivity index (χ1) is 17.8. The molecule has 2 aromatic carbocycles. The highest BCUT2D eigenvalue weighted by atomic mass is 35.5. The molecule has 196 valence electrons. The molecule has 1 fully saturated rings. The van der Waals surface area contributed by atoms with Gasteiger partial charge in [-0.25, -0.2) is 4.98 Å². The van der Waals surface area contributed by atoms with Crippen LogP contribution in [0.25, 0.3) is 0 Å². The molecule has 0 aliphatic carbocycles. The molecule has 1 aromatic heterocycles. The van der Waals surface area contributed by atoms with Crippen LogP contribution in [0.5, 0.6) is 5.75 Å². The van der Waals surface area contributed by atoms with Crippen molar-refractivity contribution in [2.75, 3.05) is 33.4 Å². The second-order valence-electron chi connectivity index (χ2n) is 9.42. The molecule has 0 radical (unpaired) electrons. The van der Waals surface area contributed by atoms with Crippen LogP contribution in [0.3, 0.4) is 0 Å². The van der Waals surface area contributed by atoms with Crippen molar-refractivity contribution in [3.05, 3.63) is 83.4 Å². The zero-order chi connectivity index (χ0) is 26.3. The van der Waals surface area contributed by atoms with E-state index in [0.29, 0.717) is 43.4 Å². The van der Waals surface area contributed by atoms with Gasteiger partial charge in [-0.15, -0.1) is 0 Å². The average molecular weight is 525 g/mol. The van der Waals surface area contributed by atoms with Gasteiger partial charge >= 0.3 is 0 Å². The van der Waals surface area contributed by atoms with Crippen molar-refractivity contribution in [3.8, 4) is 5.75 Å². The van der Waals surface area contributed by atoms with Crippen molar-refractivity contribution in [2.24, 2.45) is 0 Å². The van der Waals surface area contributed by atoms with Gasteiger partial charge in [0.2, 0.25) is 11.8 Å². The van der Waals surface area contributed by atoms with E-state index in [1.807, 2.05) is 48.0 Å². The lowest BCUT2D eigenvalue weighted by atomic mass is 9.96. The largest absolute Gasteiger partial charge is 0.490 e. The summed E-state index contributed by atoms with van der Waals surface area (Å²) in [4.78, 5) is 34.2. The summed E-state index contributed by atoms with van der Waals surface area (Å²) in [6.07, 6.45) is 4.03. The minimum atomic E-state index is -0.972. The highest BCUT2D eigenvalue weighted by Gasteiger charge is 2.42. The van der Waals surface area contributed by atoms with Gasteiger partial charge in [-0.05, 0) is 36.8 Å². The van der Waals surface area contributed by atoms with E-state index in [1.54, 1.807) is 47.3 Å². The number of imidazole rings is 1. The minimum Gasteiger partial charge on any atom is -0.490 e. The predicted octanol–water partition coefficient (Wildman–Crippen LogP) is 3.96. The topological polar surface area (TPSA) is 76.9 Å². The molecule has 1 saturated heterocycles. The second-order valence-corrected chi connectivity index (χ2v) is 9.86. The van der Waals surface area contributed by atoms with E-state index >= 15 is 0 Å². The number of rotatable bonds is 10. The lowest BCUT2D eigenvalue weighted by Crippen LogP contribution is -2.58. The van der Waals surface area contributed by atoms with Gasteiger partial charge in [0, 0.05) is 50.5 Å². The van der Waals surface area contributed by atoms with E-state index in [9.17, 15) is 9.59 Å². The molecule has 4 rings (SSSR count). The Balaban J connectivity index is 1.46. The molecule has 9 heteroatoms. The zero-order valence-electron chi connectivity index (χ0n) is 21.3. The van der Waals surface area contributed by atoms with Gasteiger partial charge in [0.05, 0.1) is 19.6 Å². The van der Waals surface area contributed by atoms with Crippen molar-refractivity contribution in [2.45, 2.75) is 38.5 Å². The summed E-state index contributed by atoms with van der Waals surface area (Å²) in [6, 6.07) is 16.9. The summed E-state index contributed by atoms with van der Waals surface area (Å²) < 4.78 is 14.2. The van der Waals surface area contributed by atoms with Gasteiger partial charge in [-0.1, -0.05) is 41.9 Å². The molecule has 2 heterocycles. The zero-order valence-corrected chi connectivity index (χ0v) is 22.1. The van der Waals surface area contributed by atoms with Crippen molar-refractivity contribution in [3.63, 3.8) is 0 Å². The summed E-state index contributed by atoms with van der Waals surface area (Å²) >= 11 is 6.01. The third kappa shape index (κ3) is 7.33. The molecular weight excluding hydrogens is 492 g/mol. The first kappa shape index (κ1) is 26.7. The minimum absolute atomic E-state index is 0.0114. The third-order valence-electron chi connectivity index (χ3n) is 6.57. The number of benzene rings is 2. The van der Waals surface area contributed by atoms with Crippen molar-refractivity contribution >= 4 is 23.4 Å². The highest BCUT2D eigenvalue weighted by molar-refractivity contribution is 6.30. The molecule has 0 bridgehead atoms. The van der Waals surface area contributed by atoms with Crippen LogP contribution in [0, 0.1) is 6.92 Å². The first-order valence-corrected chi connectivity index (χ1v) is 12.8. The normalized spacial score (nSPS) is 17.4. The standard InChI is InChI=1S/C28H33ClN4O4/c1-22-30-13-15-32(22)14-12-26(34)33-16-17-37-28(20-33,21-36-25-10-8-24(29)9-11-25)18-27(35)31(2)19-23-6-4-3-5-7-23/h3-11,13,15H,12,14,16-21H2,1-2H3/t28-/m0/s1. The van der Waals surface area contributed by atoms with Crippen LogP contribution < -0.4 is 4.74 Å². The fourth-order valence-corrected chi connectivity index (χ4v) is 4.54. The molecule has 1 aliphatic heterocycles. The predicted molar refractivity (Wildman–Crippen MR) is 141 cm³/mol. The van der Waals surface area contributed by atoms with Crippen LogP contribution in [-0.2, 0) is 27.4 Å². The maximum atomic E-state index is 13.3. The monoisotopic (exact) mass is 524 g/mol. The molecule has 0 spiro atoms. The number of carbonyl (C=O) groups excluding carboxylic acids is 2. The summed E-state index contributed by atoms with van der Waals surface area (Å²) in [5, 5.41) is 0.610. The summed E-state index contributed by atoms with van der Waals surface area (Å²) in [6.45, 7) is 4.15. The number of hydrogen-bond donors (Lipinski definition) is 0. The Bertz CT molecular complexity index is 1180. The van der Waals surface area contributed by atoms with E-state index in [-0.39, 0.29) is 31.4 Å². The van der Waals surface area contributed by atoms with Gasteiger partial charge in [-0.2, -0.15) is 0 Å². The number of nitrogens with zero attached hydrogens (tertiary/aromatic N) is 4. The van der Waals surface area contributed by atoms with E-state index in [1.165, 1.54) is 0 Å². The Hall–Kier alpha value is -3.36. The number of morpholine rings is 1. The maximum Gasteiger partial charge on any atom is 0.225 e. The van der Waals surface area contributed by atoms with Crippen LogP contribution in [0.1, 0.15) is 24.2 Å². The van der Waals surface area contributed by atoms with Crippen LogP contribution in [0.4, 0.5) is 0 Å². The number of aromatic nitrogens is 2. The number of amides is 2. The maximum absolute atomic E-state index is 13.3. The van der Waals surface area contributed by atoms with Crippen LogP contribution >= 0.6 is 11.6 Å². The van der Waals surface area contributed by atoms with Crippen LogP contribution in [-0.4, -0.2) is 70.1 Å². The Morgan fingerprint density at radius 1 is 1.16 bits per heavy atom. The van der Waals surface area contributed by atoms with Crippen LogP contribution in [0.2, 0.25) is 5.02 Å². The Labute approximate surface area is 222 Å². The van der Waals surface area contributed by atoms with E-state index < -0.39 is 5.60 Å². The lowest BCUT2D eigenvalue weighted by Gasteiger charge is -2.42. The first-order valence-electron chi connectivity index (χ1n) is 12.4. The number of hydrogen-bond acceptors (Lipinski definition) is 5. The molecular formula is C28H33ClN4O4. The highest BCUT2D eigenvalue weighted by Crippen LogP contribution is 2.27. The van der Waals surface area contributed by atoms with Crippen molar-refractivity contribution in [1.29, 1.82) is 0 Å². The smallest absolute Gasteiger partial charge is 0.225 e. The van der Waals surface area contributed by atoms with Gasteiger partial charge in [0.1, 0.15) is 23.8 Å². The second kappa shape index (κ2) is 12.3. The summed E-state index contributed by atoms with van der Waals surface area (Å²) in [5.41, 5.74) is 0.0708. The Kier molecular flexibility index (Phi) is 8.84. The van der Waals surface area contributed by atoms with E-state index in [2.05, 4.69) is 4.98 Å². The fourth-order valence-electron chi connectivity index (χ4n) is 4.42. The number of carbonyl (C=O) groups is 2. The number of halogens is 1. The molecule has 0 unspecified atom stereocenters. The molecule has 0 N–H and O–H groups in total. The summed E-state index contributed by atoms with van der Waals surface area (Å²) in [7, 11) is 1.78. The SMILES string of the molecule is Cc1nccn1CCC(=O)N1CCO[C@@](COc2ccc(Cl)cc2)(CC(=O)N(C)Cc2ccccc2)C1.